The molecule has 0 amide bonds. The molecule has 41 heavy (non-hydrogen) atoms. The summed E-state index contributed by atoms with van der Waals surface area (Å²) in [5.41, 5.74) is 2.46. The topological polar surface area (TPSA) is 79.6 Å². The number of fused-ring (bicyclic) bond motifs is 1. The predicted octanol–water partition coefficient (Wildman–Crippen LogP) is 7.18. The van der Waals surface area contributed by atoms with Gasteiger partial charge >= 0.3 is 5.97 Å². The SMILES string of the molecule is Cc1ccc(S(=O)(=O)n2c(-c3cccc(N4CC(C(=O)O)C4)c3)c(-c3ccsc3C(F)F)c3cc(F)ccc32)cc1. The maximum Gasteiger partial charge on any atom is 0.310 e. The summed E-state index contributed by atoms with van der Waals surface area (Å²) in [6, 6.07) is 18.3. The van der Waals surface area contributed by atoms with Gasteiger partial charge in [0.15, 0.2) is 0 Å². The van der Waals surface area contributed by atoms with E-state index in [1.807, 2.05) is 11.8 Å². The van der Waals surface area contributed by atoms with Crippen LogP contribution in [-0.2, 0) is 14.8 Å². The van der Waals surface area contributed by atoms with Gasteiger partial charge in [-0.3, -0.25) is 4.79 Å². The summed E-state index contributed by atoms with van der Waals surface area (Å²) in [6.07, 6.45) is -2.83. The second-order valence-electron chi connectivity index (χ2n) is 9.96. The zero-order valence-electron chi connectivity index (χ0n) is 21.6. The number of aryl methyl sites for hydroxylation is 1. The van der Waals surface area contributed by atoms with Crippen LogP contribution >= 0.6 is 11.3 Å². The molecular formula is C30H23F3N2O4S2. The molecule has 3 heterocycles. The molecule has 1 saturated heterocycles. The van der Waals surface area contributed by atoms with Crippen molar-refractivity contribution in [2.75, 3.05) is 18.0 Å². The quantitative estimate of drug-likeness (QED) is 0.215. The fourth-order valence-electron chi connectivity index (χ4n) is 5.23. The van der Waals surface area contributed by atoms with Crippen molar-refractivity contribution in [1.29, 1.82) is 0 Å². The number of anilines is 1. The predicted molar refractivity (Wildman–Crippen MR) is 153 cm³/mol. The average molecular weight is 597 g/mol. The van der Waals surface area contributed by atoms with Gasteiger partial charge in [-0.2, -0.15) is 0 Å². The molecule has 0 spiro atoms. The zero-order chi connectivity index (χ0) is 29.1. The molecule has 0 radical (unpaired) electrons. The number of halogens is 3. The summed E-state index contributed by atoms with van der Waals surface area (Å²) in [4.78, 5) is 12.9. The van der Waals surface area contributed by atoms with E-state index in [2.05, 4.69) is 0 Å². The van der Waals surface area contributed by atoms with Gasteiger partial charge in [-0.1, -0.05) is 29.8 Å². The third kappa shape index (κ3) is 4.58. The summed E-state index contributed by atoms with van der Waals surface area (Å²) in [5, 5.41) is 11.0. The van der Waals surface area contributed by atoms with Gasteiger partial charge in [0.1, 0.15) is 5.82 Å². The Labute approximate surface area is 238 Å². The highest BCUT2D eigenvalue weighted by molar-refractivity contribution is 7.90. The van der Waals surface area contributed by atoms with E-state index >= 15 is 0 Å². The van der Waals surface area contributed by atoms with Crippen molar-refractivity contribution in [2.45, 2.75) is 18.2 Å². The number of carboxylic acid groups (broad SMARTS) is 1. The van der Waals surface area contributed by atoms with Crippen LogP contribution in [-0.4, -0.2) is 36.6 Å². The lowest BCUT2D eigenvalue weighted by atomic mass is 9.96. The summed E-state index contributed by atoms with van der Waals surface area (Å²) in [7, 11) is -4.30. The van der Waals surface area contributed by atoms with Gasteiger partial charge in [0.25, 0.3) is 16.4 Å². The molecule has 1 N–H and O–H groups in total. The molecule has 1 fully saturated rings. The van der Waals surface area contributed by atoms with Gasteiger partial charge < -0.3 is 10.0 Å². The Balaban J connectivity index is 1.68. The fraction of sp³-hybridized carbons (Fsp3) is 0.167. The third-order valence-corrected chi connectivity index (χ3v) is 9.98. The van der Waals surface area contributed by atoms with E-state index < -0.39 is 34.2 Å². The first kappa shape index (κ1) is 27.1. The van der Waals surface area contributed by atoms with Crippen LogP contribution in [0.1, 0.15) is 16.9 Å². The molecule has 11 heteroatoms. The van der Waals surface area contributed by atoms with Gasteiger partial charge in [0.2, 0.25) is 0 Å². The van der Waals surface area contributed by atoms with E-state index in [1.165, 1.54) is 35.7 Å². The number of rotatable bonds is 7. The minimum absolute atomic E-state index is 0.0141. The van der Waals surface area contributed by atoms with E-state index in [0.717, 1.165) is 26.9 Å². The van der Waals surface area contributed by atoms with Crippen LogP contribution in [0.25, 0.3) is 33.3 Å². The van der Waals surface area contributed by atoms with Crippen LogP contribution in [0.4, 0.5) is 18.9 Å². The van der Waals surface area contributed by atoms with Crippen LogP contribution in [0.2, 0.25) is 0 Å². The minimum Gasteiger partial charge on any atom is -0.481 e. The van der Waals surface area contributed by atoms with Crippen molar-refractivity contribution in [3.05, 3.63) is 94.4 Å². The molecule has 6 rings (SSSR count). The number of aliphatic carboxylic acids is 1. The van der Waals surface area contributed by atoms with Crippen molar-refractivity contribution in [2.24, 2.45) is 5.92 Å². The molecule has 0 atom stereocenters. The van der Waals surface area contributed by atoms with Gasteiger partial charge in [-0.15, -0.1) is 11.3 Å². The highest BCUT2D eigenvalue weighted by Crippen LogP contribution is 2.47. The average Bonchev–Trinajstić information content (AvgIpc) is 3.51. The standard InChI is InChI=1S/C30H23F3N2O4S2/c1-17-5-8-22(9-6-17)41(38,39)35-25-10-7-20(31)14-24(25)26(23-11-12-40-28(23)29(32)33)27(35)18-3-2-4-21(13-18)34-15-19(16-34)30(36)37/h2-14,19,29H,15-16H2,1H3,(H,36,37). The minimum atomic E-state index is -4.30. The first-order valence-corrected chi connectivity index (χ1v) is 15.0. The number of aromatic nitrogens is 1. The van der Waals surface area contributed by atoms with Crippen molar-refractivity contribution in [1.82, 2.24) is 3.97 Å². The number of hydrogen-bond acceptors (Lipinski definition) is 5. The molecule has 3 aromatic carbocycles. The van der Waals surface area contributed by atoms with E-state index in [-0.39, 0.29) is 50.6 Å². The second-order valence-corrected chi connectivity index (χ2v) is 12.7. The van der Waals surface area contributed by atoms with Crippen molar-refractivity contribution >= 4 is 43.9 Å². The highest BCUT2D eigenvalue weighted by Gasteiger charge is 2.34. The molecule has 2 aromatic heterocycles. The summed E-state index contributed by atoms with van der Waals surface area (Å²) < 4.78 is 72.7. The van der Waals surface area contributed by atoms with E-state index in [9.17, 15) is 31.5 Å². The molecule has 210 valence electrons. The van der Waals surface area contributed by atoms with E-state index in [0.29, 0.717) is 11.3 Å². The second kappa shape index (κ2) is 10.1. The van der Waals surface area contributed by atoms with E-state index in [1.54, 1.807) is 36.4 Å². The number of thiophene rings is 1. The van der Waals surface area contributed by atoms with Crippen molar-refractivity contribution in [3.63, 3.8) is 0 Å². The van der Waals surface area contributed by atoms with Gasteiger partial charge in [-0.05, 0) is 60.8 Å². The molecule has 1 aliphatic heterocycles. The Morgan fingerprint density at radius 3 is 2.44 bits per heavy atom. The summed E-state index contributed by atoms with van der Waals surface area (Å²) in [6.45, 7) is 2.38. The highest BCUT2D eigenvalue weighted by atomic mass is 32.2. The molecule has 0 bridgehead atoms. The molecule has 1 aliphatic rings. The Morgan fingerprint density at radius 1 is 1.02 bits per heavy atom. The maximum absolute atomic E-state index is 14.7. The fourth-order valence-corrected chi connectivity index (χ4v) is 7.52. The van der Waals surface area contributed by atoms with Gasteiger partial charge in [0, 0.05) is 40.9 Å². The lowest BCUT2D eigenvalue weighted by molar-refractivity contribution is -0.142. The Morgan fingerprint density at radius 2 is 1.76 bits per heavy atom. The Hall–Kier alpha value is -4.09. The van der Waals surface area contributed by atoms with Crippen LogP contribution in [0.5, 0.6) is 0 Å². The van der Waals surface area contributed by atoms with Crippen LogP contribution < -0.4 is 4.90 Å². The van der Waals surface area contributed by atoms with Crippen molar-refractivity contribution in [3.8, 4) is 22.4 Å². The molecular weight excluding hydrogens is 573 g/mol. The Kier molecular flexibility index (Phi) is 6.66. The first-order chi connectivity index (χ1) is 19.6. The van der Waals surface area contributed by atoms with Crippen LogP contribution in [0, 0.1) is 18.7 Å². The van der Waals surface area contributed by atoms with Gasteiger partial charge in [0.05, 0.1) is 26.9 Å². The van der Waals surface area contributed by atoms with Crippen molar-refractivity contribution < 1.29 is 31.5 Å². The maximum atomic E-state index is 14.7. The third-order valence-electron chi connectivity index (χ3n) is 7.32. The lowest BCUT2D eigenvalue weighted by Crippen LogP contribution is -2.50. The first-order valence-electron chi connectivity index (χ1n) is 12.7. The summed E-state index contributed by atoms with van der Waals surface area (Å²) >= 11 is 0.841. The Bertz CT molecular complexity index is 1910. The molecule has 6 nitrogen and oxygen atoms in total. The number of benzene rings is 3. The monoisotopic (exact) mass is 596 g/mol. The largest absolute Gasteiger partial charge is 0.481 e. The summed E-state index contributed by atoms with van der Waals surface area (Å²) in [5.74, 6) is -2.06. The molecule has 0 unspecified atom stereocenters. The smallest absolute Gasteiger partial charge is 0.310 e. The number of hydrogen-bond donors (Lipinski definition) is 1. The molecule has 0 aliphatic carbocycles. The van der Waals surface area contributed by atoms with Crippen LogP contribution in [0.15, 0.2) is 83.1 Å². The number of carboxylic acids is 1. The normalized spacial score (nSPS) is 14.1. The number of carbonyl (C=O) groups is 1. The number of nitrogens with zero attached hydrogens (tertiary/aromatic N) is 2. The zero-order valence-corrected chi connectivity index (χ0v) is 23.2. The number of alkyl halides is 2. The molecule has 5 aromatic rings. The lowest BCUT2D eigenvalue weighted by Gasteiger charge is -2.38. The van der Waals surface area contributed by atoms with Gasteiger partial charge in [-0.25, -0.2) is 25.6 Å². The molecule has 0 saturated carbocycles. The van der Waals surface area contributed by atoms with E-state index in [4.69, 9.17) is 0 Å². The van der Waals surface area contributed by atoms with Crippen LogP contribution in [0.3, 0.4) is 0 Å².